The lowest BCUT2D eigenvalue weighted by molar-refractivity contribution is 0.106. The van der Waals surface area contributed by atoms with Gasteiger partial charge in [-0.3, -0.25) is 4.90 Å². The summed E-state index contributed by atoms with van der Waals surface area (Å²) in [6.45, 7) is 5.55. The number of piperazine rings is 1. The predicted molar refractivity (Wildman–Crippen MR) is 97.0 cm³/mol. The first-order valence-electron chi connectivity index (χ1n) is 9.41. The first-order valence-corrected chi connectivity index (χ1v) is 9.41. The Hall–Kier alpha value is -1.92. The Balaban J connectivity index is 1.22. The summed E-state index contributed by atoms with van der Waals surface area (Å²) < 4.78 is 7.78. The SMILES string of the molecule is c1ncn(-c2ccc(OCC3CCC(N4CCNCC4)CC3)cc2)n1. The van der Waals surface area contributed by atoms with Crippen molar-refractivity contribution in [2.45, 2.75) is 31.7 Å². The first kappa shape index (κ1) is 16.5. The number of hydrogen-bond donors (Lipinski definition) is 1. The van der Waals surface area contributed by atoms with Crippen LogP contribution in [0.2, 0.25) is 0 Å². The van der Waals surface area contributed by atoms with E-state index in [2.05, 4.69) is 20.3 Å². The molecule has 25 heavy (non-hydrogen) atoms. The van der Waals surface area contributed by atoms with Gasteiger partial charge in [0.25, 0.3) is 0 Å². The van der Waals surface area contributed by atoms with E-state index in [4.69, 9.17) is 4.74 Å². The van der Waals surface area contributed by atoms with E-state index < -0.39 is 0 Å². The van der Waals surface area contributed by atoms with Crippen LogP contribution in [0.5, 0.6) is 5.75 Å². The summed E-state index contributed by atoms with van der Waals surface area (Å²) in [6.07, 6.45) is 8.45. The lowest BCUT2D eigenvalue weighted by Gasteiger charge is -2.39. The van der Waals surface area contributed by atoms with E-state index >= 15 is 0 Å². The molecule has 0 spiro atoms. The van der Waals surface area contributed by atoms with Gasteiger partial charge in [-0.25, -0.2) is 9.67 Å². The predicted octanol–water partition coefficient (Wildman–Crippen LogP) is 2.11. The molecule has 1 aromatic heterocycles. The summed E-state index contributed by atoms with van der Waals surface area (Å²) in [5, 5.41) is 7.58. The fourth-order valence-corrected chi connectivity index (χ4v) is 3.97. The Bertz CT molecular complexity index is 628. The highest BCUT2D eigenvalue weighted by Gasteiger charge is 2.26. The fourth-order valence-electron chi connectivity index (χ4n) is 3.97. The Labute approximate surface area is 149 Å². The van der Waals surface area contributed by atoms with E-state index in [-0.39, 0.29) is 0 Å². The number of aromatic nitrogens is 3. The maximum Gasteiger partial charge on any atom is 0.138 e. The van der Waals surface area contributed by atoms with Gasteiger partial charge in [-0.2, -0.15) is 5.10 Å². The normalized spacial score (nSPS) is 25.0. The lowest BCUT2D eigenvalue weighted by Crippen LogP contribution is -2.49. The highest BCUT2D eigenvalue weighted by atomic mass is 16.5. The number of nitrogens with one attached hydrogen (secondary N) is 1. The van der Waals surface area contributed by atoms with E-state index in [1.807, 2.05) is 24.3 Å². The molecule has 4 rings (SSSR count). The molecular formula is C19H27N5O. The molecule has 134 valence electrons. The molecule has 0 amide bonds. The summed E-state index contributed by atoms with van der Waals surface area (Å²) in [5.74, 6) is 1.63. The second-order valence-electron chi connectivity index (χ2n) is 7.11. The third kappa shape index (κ3) is 4.19. The molecule has 6 heteroatoms. The van der Waals surface area contributed by atoms with Crippen LogP contribution in [0.1, 0.15) is 25.7 Å². The van der Waals surface area contributed by atoms with E-state index in [1.165, 1.54) is 38.8 Å². The summed E-state index contributed by atoms with van der Waals surface area (Å²) >= 11 is 0. The average Bonchev–Trinajstić information content (AvgIpc) is 3.23. The number of ether oxygens (including phenoxy) is 1. The zero-order valence-electron chi connectivity index (χ0n) is 14.7. The monoisotopic (exact) mass is 341 g/mol. The van der Waals surface area contributed by atoms with Crippen molar-refractivity contribution < 1.29 is 4.74 Å². The van der Waals surface area contributed by atoms with Gasteiger partial charge in [0.05, 0.1) is 12.3 Å². The van der Waals surface area contributed by atoms with Crippen molar-refractivity contribution >= 4 is 0 Å². The van der Waals surface area contributed by atoms with Gasteiger partial charge in [0.2, 0.25) is 0 Å². The van der Waals surface area contributed by atoms with E-state index in [1.54, 1.807) is 17.3 Å². The van der Waals surface area contributed by atoms with Crippen LogP contribution in [0.4, 0.5) is 0 Å². The maximum absolute atomic E-state index is 6.03. The van der Waals surface area contributed by atoms with Gasteiger partial charge < -0.3 is 10.1 Å². The van der Waals surface area contributed by atoms with E-state index in [0.717, 1.165) is 37.2 Å². The van der Waals surface area contributed by atoms with Crippen LogP contribution in [0.15, 0.2) is 36.9 Å². The molecule has 2 fully saturated rings. The van der Waals surface area contributed by atoms with Gasteiger partial charge in [0.1, 0.15) is 18.4 Å². The van der Waals surface area contributed by atoms with E-state index in [0.29, 0.717) is 5.92 Å². The van der Waals surface area contributed by atoms with Crippen LogP contribution in [-0.2, 0) is 0 Å². The molecule has 0 unspecified atom stereocenters. The summed E-state index contributed by atoms with van der Waals surface area (Å²) in [4.78, 5) is 6.65. The Morgan fingerprint density at radius 3 is 2.48 bits per heavy atom. The van der Waals surface area contributed by atoms with Gasteiger partial charge in [-0.1, -0.05) is 0 Å². The van der Waals surface area contributed by atoms with Crippen molar-refractivity contribution in [1.29, 1.82) is 0 Å². The topological polar surface area (TPSA) is 55.2 Å². The molecule has 1 N–H and O–H groups in total. The summed E-state index contributed by atoms with van der Waals surface area (Å²) in [6, 6.07) is 8.86. The Kier molecular flexibility index (Phi) is 5.28. The largest absolute Gasteiger partial charge is 0.493 e. The third-order valence-corrected chi connectivity index (χ3v) is 5.49. The molecule has 1 aromatic carbocycles. The van der Waals surface area contributed by atoms with Crippen LogP contribution in [-0.4, -0.2) is 58.5 Å². The van der Waals surface area contributed by atoms with Crippen molar-refractivity contribution in [3.8, 4) is 11.4 Å². The van der Waals surface area contributed by atoms with Gasteiger partial charge in [0, 0.05) is 32.2 Å². The number of hydrogen-bond acceptors (Lipinski definition) is 5. The van der Waals surface area contributed by atoms with Gasteiger partial charge >= 0.3 is 0 Å². The van der Waals surface area contributed by atoms with E-state index in [9.17, 15) is 0 Å². The molecule has 2 heterocycles. The number of nitrogens with zero attached hydrogens (tertiary/aromatic N) is 4. The number of rotatable bonds is 5. The molecule has 2 aliphatic rings. The summed E-state index contributed by atoms with van der Waals surface area (Å²) in [7, 11) is 0. The van der Waals surface area contributed by atoms with Crippen LogP contribution >= 0.6 is 0 Å². The zero-order valence-corrected chi connectivity index (χ0v) is 14.7. The molecule has 1 saturated carbocycles. The molecule has 1 saturated heterocycles. The molecule has 1 aliphatic carbocycles. The minimum absolute atomic E-state index is 0.689. The molecule has 1 aliphatic heterocycles. The Morgan fingerprint density at radius 2 is 1.80 bits per heavy atom. The zero-order chi connectivity index (χ0) is 16.9. The third-order valence-electron chi connectivity index (χ3n) is 5.49. The second kappa shape index (κ2) is 7.97. The first-order chi connectivity index (χ1) is 12.4. The molecule has 0 radical (unpaired) electrons. The van der Waals surface area contributed by atoms with Crippen molar-refractivity contribution in [2.24, 2.45) is 5.92 Å². The smallest absolute Gasteiger partial charge is 0.138 e. The second-order valence-corrected chi connectivity index (χ2v) is 7.11. The van der Waals surface area contributed by atoms with Crippen molar-refractivity contribution in [1.82, 2.24) is 25.0 Å². The highest BCUT2D eigenvalue weighted by molar-refractivity contribution is 5.36. The molecular weight excluding hydrogens is 314 g/mol. The lowest BCUT2D eigenvalue weighted by atomic mass is 9.85. The van der Waals surface area contributed by atoms with Crippen LogP contribution < -0.4 is 10.1 Å². The van der Waals surface area contributed by atoms with Crippen LogP contribution in [0, 0.1) is 5.92 Å². The van der Waals surface area contributed by atoms with Crippen LogP contribution in [0.25, 0.3) is 5.69 Å². The quantitative estimate of drug-likeness (QED) is 0.903. The maximum atomic E-state index is 6.03. The van der Waals surface area contributed by atoms with Crippen molar-refractivity contribution in [3.05, 3.63) is 36.9 Å². The minimum Gasteiger partial charge on any atom is -0.493 e. The van der Waals surface area contributed by atoms with Gasteiger partial charge in [0.15, 0.2) is 0 Å². The highest BCUT2D eigenvalue weighted by Crippen LogP contribution is 2.28. The number of benzene rings is 1. The molecule has 0 bridgehead atoms. The fraction of sp³-hybridized carbons (Fsp3) is 0.579. The summed E-state index contributed by atoms with van der Waals surface area (Å²) in [5.41, 5.74) is 1.00. The van der Waals surface area contributed by atoms with Crippen LogP contribution in [0.3, 0.4) is 0 Å². The Morgan fingerprint density at radius 1 is 1.04 bits per heavy atom. The average molecular weight is 341 g/mol. The minimum atomic E-state index is 0.689. The van der Waals surface area contributed by atoms with Crippen molar-refractivity contribution in [3.63, 3.8) is 0 Å². The van der Waals surface area contributed by atoms with Gasteiger partial charge in [-0.15, -0.1) is 0 Å². The molecule has 2 aromatic rings. The van der Waals surface area contributed by atoms with Crippen molar-refractivity contribution in [2.75, 3.05) is 32.8 Å². The standard InChI is InChI=1S/C19H27N5O/c1-3-17(23-11-9-20-10-12-23)4-2-16(1)13-25-19-7-5-18(6-8-19)24-15-21-14-22-24/h5-8,14-17,20H,1-4,9-13H2. The molecule has 6 nitrogen and oxygen atoms in total. The van der Waals surface area contributed by atoms with Gasteiger partial charge in [-0.05, 0) is 55.9 Å². The molecule has 0 atom stereocenters.